The number of hydrogen-bond acceptors (Lipinski definition) is 3. The zero-order valence-electron chi connectivity index (χ0n) is 10.0. The summed E-state index contributed by atoms with van der Waals surface area (Å²) in [4.78, 5) is 5.13. The molecule has 3 heteroatoms. The van der Waals surface area contributed by atoms with Crippen LogP contribution in [-0.4, -0.2) is 12.3 Å². The SMILES string of the molecule is CCO/N=C(\c1ccc(C)cc1)c1ccco1. The van der Waals surface area contributed by atoms with Crippen molar-refractivity contribution >= 4 is 5.71 Å². The normalized spacial score (nSPS) is 11.5. The van der Waals surface area contributed by atoms with Crippen LogP contribution in [0.2, 0.25) is 0 Å². The summed E-state index contributed by atoms with van der Waals surface area (Å²) in [5.74, 6) is 0.710. The van der Waals surface area contributed by atoms with Crippen LogP contribution in [0.3, 0.4) is 0 Å². The molecule has 1 aromatic heterocycles. The Labute approximate surface area is 101 Å². The van der Waals surface area contributed by atoms with Gasteiger partial charge in [-0.1, -0.05) is 35.0 Å². The van der Waals surface area contributed by atoms with Crippen LogP contribution in [0, 0.1) is 6.92 Å². The van der Waals surface area contributed by atoms with Crippen molar-refractivity contribution in [3.8, 4) is 0 Å². The average molecular weight is 229 g/mol. The van der Waals surface area contributed by atoms with Crippen LogP contribution in [0.25, 0.3) is 0 Å². The number of hydrogen-bond donors (Lipinski definition) is 0. The van der Waals surface area contributed by atoms with Gasteiger partial charge in [0, 0.05) is 5.56 Å². The molecule has 3 nitrogen and oxygen atoms in total. The molecule has 0 radical (unpaired) electrons. The molecule has 0 atom stereocenters. The Morgan fingerprint density at radius 3 is 2.59 bits per heavy atom. The lowest BCUT2D eigenvalue weighted by atomic mass is 10.1. The van der Waals surface area contributed by atoms with Gasteiger partial charge >= 0.3 is 0 Å². The van der Waals surface area contributed by atoms with Crippen molar-refractivity contribution in [2.75, 3.05) is 6.61 Å². The van der Waals surface area contributed by atoms with Gasteiger partial charge in [0.2, 0.25) is 0 Å². The van der Waals surface area contributed by atoms with Gasteiger partial charge in [-0.25, -0.2) is 0 Å². The number of benzene rings is 1. The van der Waals surface area contributed by atoms with E-state index in [0.29, 0.717) is 12.4 Å². The molecule has 1 heterocycles. The van der Waals surface area contributed by atoms with Gasteiger partial charge in [0.05, 0.1) is 6.26 Å². The van der Waals surface area contributed by atoms with E-state index in [9.17, 15) is 0 Å². The fourth-order valence-corrected chi connectivity index (χ4v) is 1.49. The average Bonchev–Trinajstić information content (AvgIpc) is 2.85. The fraction of sp³-hybridized carbons (Fsp3) is 0.214. The molecule has 0 spiro atoms. The van der Waals surface area contributed by atoms with Gasteiger partial charge < -0.3 is 9.25 Å². The van der Waals surface area contributed by atoms with E-state index < -0.39 is 0 Å². The number of rotatable bonds is 4. The molecular weight excluding hydrogens is 214 g/mol. The molecular formula is C14H15NO2. The molecule has 88 valence electrons. The molecule has 17 heavy (non-hydrogen) atoms. The minimum atomic E-state index is 0.538. The summed E-state index contributed by atoms with van der Waals surface area (Å²) in [6.07, 6.45) is 1.63. The van der Waals surface area contributed by atoms with Gasteiger partial charge in [-0.2, -0.15) is 0 Å². The Bertz CT molecular complexity index is 483. The van der Waals surface area contributed by atoms with Crippen molar-refractivity contribution in [3.05, 3.63) is 59.5 Å². The van der Waals surface area contributed by atoms with Crippen LogP contribution in [-0.2, 0) is 4.84 Å². The lowest BCUT2D eigenvalue weighted by molar-refractivity contribution is 0.159. The zero-order chi connectivity index (χ0) is 12.1. The lowest BCUT2D eigenvalue weighted by Crippen LogP contribution is -2.03. The predicted octanol–water partition coefficient (Wildman–Crippen LogP) is 3.38. The van der Waals surface area contributed by atoms with Gasteiger partial charge in [-0.15, -0.1) is 0 Å². The zero-order valence-corrected chi connectivity index (χ0v) is 10.0. The molecule has 0 aliphatic rings. The van der Waals surface area contributed by atoms with E-state index in [4.69, 9.17) is 9.25 Å². The van der Waals surface area contributed by atoms with E-state index in [0.717, 1.165) is 11.3 Å². The van der Waals surface area contributed by atoms with E-state index in [1.807, 2.05) is 43.3 Å². The number of aryl methyl sites for hydroxylation is 1. The van der Waals surface area contributed by atoms with Crippen LogP contribution in [0.1, 0.15) is 23.8 Å². The van der Waals surface area contributed by atoms with Crippen LogP contribution in [0.5, 0.6) is 0 Å². The van der Waals surface area contributed by atoms with Gasteiger partial charge in [0.25, 0.3) is 0 Å². The molecule has 0 aliphatic heterocycles. The molecule has 0 amide bonds. The second-order valence-corrected chi connectivity index (χ2v) is 3.70. The Hall–Kier alpha value is -2.03. The molecule has 1 aromatic carbocycles. The first kappa shape index (κ1) is 11.5. The van der Waals surface area contributed by atoms with Crippen LogP contribution in [0.4, 0.5) is 0 Å². The predicted molar refractivity (Wildman–Crippen MR) is 67.2 cm³/mol. The van der Waals surface area contributed by atoms with Crippen molar-refractivity contribution in [1.29, 1.82) is 0 Å². The number of nitrogens with zero attached hydrogens (tertiary/aromatic N) is 1. The first-order valence-electron chi connectivity index (χ1n) is 5.62. The van der Waals surface area contributed by atoms with Gasteiger partial charge in [-0.3, -0.25) is 0 Å². The topological polar surface area (TPSA) is 34.7 Å². The first-order chi connectivity index (χ1) is 8.31. The molecule has 0 fully saturated rings. The Kier molecular flexibility index (Phi) is 3.60. The van der Waals surface area contributed by atoms with E-state index >= 15 is 0 Å². The third-order valence-corrected chi connectivity index (χ3v) is 2.36. The second kappa shape index (κ2) is 5.34. The minimum absolute atomic E-state index is 0.538. The van der Waals surface area contributed by atoms with Crippen LogP contribution >= 0.6 is 0 Å². The summed E-state index contributed by atoms with van der Waals surface area (Å²) < 4.78 is 5.37. The van der Waals surface area contributed by atoms with Gasteiger partial charge in [0.1, 0.15) is 6.61 Å². The third-order valence-electron chi connectivity index (χ3n) is 2.36. The number of oxime groups is 1. The van der Waals surface area contributed by atoms with Crippen molar-refractivity contribution in [2.24, 2.45) is 5.16 Å². The van der Waals surface area contributed by atoms with E-state index in [-0.39, 0.29) is 0 Å². The molecule has 0 aliphatic carbocycles. The summed E-state index contributed by atoms with van der Waals surface area (Å²) in [7, 11) is 0. The van der Waals surface area contributed by atoms with Gasteiger partial charge in [0.15, 0.2) is 11.5 Å². The highest BCUT2D eigenvalue weighted by Gasteiger charge is 2.10. The van der Waals surface area contributed by atoms with Crippen LogP contribution < -0.4 is 0 Å². The summed E-state index contributed by atoms with van der Waals surface area (Å²) in [5, 5.41) is 4.11. The highest BCUT2D eigenvalue weighted by Crippen LogP contribution is 2.13. The maximum atomic E-state index is 5.37. The lowest BCUT2D eigenvalue weighted by Gasteiger charge is -2.04. The molecule has 0 N–H and O–H groups in total. The van der Waals surface area contributed by atoms with E-state index in [1.54, 1.807) is 6.26 Å². The summed E-state index contributed by atoms with van der Waals surface area (Å²) in [6, 6.07) is 11.8. The minimum Gasteiger partial charge on any atom is -0.463 e. The molecule has 2 aromatic rings. The molecule has 2 rings (SSSR count). The monoisotopic (exact) mass is 229 g/mol. The largest absolute Gasteiger partial charge is 0.463 e. The third kappa shape index (κ3) is 2.75. The summed E-state index contributed by atoms with van der Waals surface area (Å²) in [6.45, 7) is 4.49. The maximum absolute atomic E-state index is 5.37. The molecule has 0 saturated carbocycles. The highest BCUT2D eigenvalue weighted by atomic mass is 16.6. The molecule has 0 bridgehead atoms. The van der Waals surface area contributed by atoms with Crippen molar-refractivity contribution in [2.45, 2.75) is 13.8 Å². The quantitative estimate of drug-likeness (QED) is 0.595. The van der Waals surface area contributed by atoms with E-state index in [1.165, 1.54) is 5.56 Å². The smallest absolute Gasteiger partial charge is 0.156 e. The van der Waals surface area contributed by atoms with Crippen molar-refractivity contribution in [1.82, 2.24) is 0 Å². The molecule has 0 saturated heterocycles. The Morgan fingerprint density at radius 2 is 2.00 bits per heavy atom. The summed E-state index contributed by atoms with van der Waals surface area (Å²) in [5.41, 5.74) is 2.92. The fourth-order valence-electron chi connectivity index (χ4n) is 1.49. The van der Waals surface area contributed by atoms with Crippen molar-refractivity contribution in [3.63, 3.8) is 0 Å². The summed E-state index contributed by atoms with van der Waals surface area (Å²) >= 11 is 0. The highest BCUT2D eigenvalue weighted by molar-refractivity contribution is 6.10. The van der Waals surface area contributed by atoms with Crippen molar-refractivity contribution < 1.29 is 9.25 Å². The van der Waals surface area contributed by atoms with Crippen LogP contribution in [0.15, 0.2) is 52.2 Å². The number of furan rings is 1. The van der Waals surface area contributed by atoms with E-state index in [2.05, 4.69) is 12.1 Å². The second-order valence-electron chi connectivity index (χ2n) is 3.70. The molecule has 0 unspecified atom stereocenters. The van der Waals surface area contributed by atoms with Gasteiger partial charge in [-0.05, 0) is 26.0 Å². The first-order valence-corrected chi connectivity index (χ1v) is 5.62. The standard InChI is InChI=1S/C14H15NO2/c1-3-17-15-14(13-5-4-10-16-13)12-8-6-11(2)7-9-12/h4-10H,3H2,1-2H3/b15-14+. The maximum Gasteiger partial charge on any atom is 0.156 e. The Morgan fingerprint density at radius 1 is 1.24 bits per heavy atom. The Balaban J connectivity index is 2.37.